The van der Waals surface area contributed by atoms with Crippen LogP contribution in [0, 0.1) is 17.7 Å². The van der Waals surface area contributed by atoms with Crippen molar-refractivity contribution < 1.29 is 9.18 Å². The van der Waals surface area contributed by atoms with Gasteiger partial charge in [0.2, 0.25) is 0 Å². The van der Waals surface area contributed by atoms with Crippen molar-refractivity contribution in [1.29, 1.82) is 0 Å². The van der Waals surface area contributed by atoms with Crippen molar-refractivity contribution in [2.45, 2.75) is 26.7 Å². The summed E-state index contributed by atoms with van der Waals surface area (Å²) in [4.78, 5) is 12.4. The van der Waals surface area contributed by atoms with Crippen LogP contribution in [0.3, 0.4) is 0 Å². The summed E-state index contributed by atoms with van der Waals surface area (Å²) in [7, 11) is 0. The van der Waals surface area contributed by atoms with Gasteiger partial charge in [-0.1, -0.05) is 38.1 Å². The zero-order valence-electron chi connectivity index (χ0n) is 13.5. The van der Waals surface area contributed by atoms with Crippen LogP contribution in [0.15, 0.2) is 53.2 Å². The SMILES string of the molecule is CC(C)C1=CCC(C2=NN(C(=O)c3cccc(F)c3)CC2)C=C1. The lowest BCUT2D eigenvalue weighted by molar-refractivity contribution is 0.0777. The molecule has 2 aliphatic rings. The van der Waals surface area contributed by atoms with E-state index in [1.807, 2.05) is 0 Å². The zero-order chi connectivity index (χ0) is 16.4. The predicted octanol–water partition coefficient (Wildman–Crippen LogP) is 4.19. The Balaban J connectivity index is 1.70. The van der Waals surface area contributed by atoms with Gasteiger partial charge in [-0.25, -0.2) is 9.40 Å². The Bertz CT molecular complexity index is 703. The summed E-state index contributed by atoms with van der Waals surface area (Å²) >= 11 is 0. The van der Waals surface area contributed by atoms with Crippen LogP contribution in [-0.4, -0.2) is 23.2 Å². The van der Waals surface area contributed by atoms with E-state index >= 15 is 0 Å². The Kier molecular flexibility index (Phi) is 4.42. The molecule has 1 aromatic rings. The van der Waals surface area contributed by atoms with Crippen LogP contribution in [0.1, 0.15) is 37.0 Å². The summed E-state index contributed by atoms with van der Waals surface area (Å²) < 4.78 is 13.3. The number of amides is 1. The van der Waals surface area contributed by atoms with Crippen molar-refractivity contribution in [3.05, 3.63) is 59.4 Å². The highest BCUT2D eigenvalue weighted by atomic mass is 19.1. The molecule has 3 rings (SSSR count). The number of nitrogens with zero attached hydrogens (tertiary/aromatic N) is 2. The molecule has 1 amide bonds. The molecule has 1 heterocycles. The normalized spacial score (nSPS) is 20.7. The smallest absolute Gasteiger partial charge is 0.267 e. The van der Waals surface area contributed by atoms with E-state index in [0.29, 0.717) is 18.0 Å². The lowest BCUT2D eigenvalue weighted by Gasteiger charge is -2.17. The molecule has 1 atom stereocenters. The number of rotatable bonds is 3. The first-order valence-electron chi connectivity index (χ1n) is 8.07. The second-order valence-electron chi connectivity index (χ2n) is 6.34. The number of allylic oxidation sites excluding steroid dienone is 4. The first kappa shape index (κ1) is 15.7. The van der Waals surface area contributed by atoms with E-state index in [9.17, 15) is 9.18 Å². The van der Waals surface area contributed by atoms with Gasteiger partial charge in [0.1, 0.15) is 5.82 Å². The van der Waals surface area contributed by atoms with Crippen LogP contribution in [-0.2, 0) is 0 Å². The first-order chi connectivity index (χ1) is 11.0. The van der Waals surface area contributed by atoms with Gasteiger partial charge in [0.25, 0.3) is 5.91 Å². The Morgan fingerprint density at radius 3 is 2.87 bits per heavy atom. The number of carbonyl (C=O) groups excluding carboxylic acids is 1. The largest absolute Gasteiger partial charge is 0.274 e. The summed E-state index contributed by atoms with van der Waals surface area (Å²) in [6, 6.07) is 5.76. The average Bonchev–Trinajstić information content (AvgIpc) is 3.04. The number of hydrogen-bond acceptors (Lipinski definition) is 2. The highest BCUT2D eigenvalue weighted by Gasteiger charge is 2.26. The van der Waals surface area contributed by atoms with E-state index < -0.39 is 5.82 Å². The van der Waals surface area contributed by atoms with Gasteiger partial charge in [0, 0.05) is 23.6 Å². The van der Waals surface area contributed by atoms with E-state index in [1.54, 1.807) is 12.1 Å². The minimum Gasteiger partial charge on any atom is -0.267 e. The lowest BCUT2D eigenvalue weighted by Crippen LogP contribution is -2.23. The van der Waals surface area contributed by atoms with Crippen molar-refractivity contribution in [3.8, 4) is 0 Å². The quantitative estimate of drug-likeness (QED) is 0.824. The Labute approximate surface area is 136 Å². The molecule has 0 spiro atoms. The van der Waals surface area contributed by atoms with E-state index in [4.69, 9.17) is 0 Å². The fourth-order valence-electron chi connectivity index (χ4n) is 2.96. The van der Waals surface area contributed by atoms with Gasteiger partial charge >= 0.3 is 0 Å². The number of carbonyl (C=O) groups is 1. The van der Waals surface area contributed by atoms with E-state index in [1.165, 1.54) is 22.7 Å². The number of halogens is 1. The Morgan fingerprint density at radius 2 is 2.22 bits per heavy atom. The molecule has 0 aromatic heterocycles. The van der Waals surface area contributed by atoms with E-state index in [0.717, 1.165) is 18.6 Å². The highest BCUT2D eigenvalue weighted by Crippen LogP contribution is 2.26. The molecule has 0 saturated heterocycles. The third kappa shape index (κ3) is 3.41. The molecular weight excluding hydrogens is 291 g/mol. The standard InChI is InChI=1S/C19H21FN2O/c1-13(2)14-6-8-15(9-7-14)18-10-11-22(21-18)19(23)16-4-3-5-17(20)12-16/h3-8,12-13,15H,9-11H2,1-2H3. The molecule has 1 unspecified atom stereocenters. The fraction of sp³-hybridized carbons (Fsp3) is 0.368. The molecule has 3 nitrogen and oxygen atoms in total. The van der Waals surface area contributed by atoms with Gasteiger partial charge in [0.15, 0.2) is 0 Å². The topological polar surface area (TPSA) is 32.7 Å². The summed E-state index contributed by atoms with van der Waals surface area (Å²) in [5.41, 5.74) is 2.73. The molecule has 0 fully saturated rings. The van der Waals surface area contributed by atoms with Crippen molar-refractivity contribution in [3.63, 3.8) is 0 Å². The van der Waals surface area contributed by atoms with E-state index in [2.05, 4.69) is 37.2 Å². The van der Waals surface area contributed by atoms with Gasteiger partial charge < -0.3 is 0 Å². The zero-order valence-corrected chi connectivity index (χ0v) is 13.5. The summed E-state index contributed by atoms with van der Waals surface area (Å²) in [6.07, 6.45) is 8.32. The van der Waals surface area contributed by atoms with Crippen molar-refractivity contribution in [1.82, 2.24) is 5.01 Å². The molecule has 1 aromatic carbocycles. The van der Waals surface area contributed by atoms with Crippen LogP contribution in [0.4, 0.5) is 4.39 Å². The van der Waals surface area contributed by atoms with Crippen LogP contribution in [0.2, 0.25) is 0 Å². The highest BCUT2D eigenvalue weighted by molar-refractivity contribution is 5.98. The second-order valence-corrected chi connectivity index (χ2v) is 6.34. The maximum Gasteiger partial charge on any atom is 0.274 e. The molecule has 0 N–H and O–H groups in total. The van der Waals surface area contributed by atoms with Crippen LogP contribution in [0.5, 0.6) is 0 Å². The number of hydrazone groups is 1. The van der Waals surface area contributed by atoms with Gasteiger partial charge in [-0.2, -0.15) is 5.10 Å². The minimum absolute atomic E-state index is 0.238. The monoisotopic (exact) mass is 312 g/mol. The molecule has 0 radical (unpaired) electrons. The molecular formula is C19H21FN2O. The molecule has 0 saturated carbocycles. The lowest BCUT2D eigenvalue weighted by atomic mass is 9.88. The van der Waals surface area contributed by atoms with Crippen LogP contribution >= 0.6 is 0 Å². The van der Waals surface area contributed by atoms with Gasteiger partial charge in [-0.3, -0.25) is 4.79 Å². The van der Waals surface area contributed by atoms with Gasteiger partial charge in [0.05, 0.1) is 6.54 Å². The summed E-state index contributed by atoms with van der Waals surface area (Å²) in [5, 5.41) is 5.94. The maximum atomic E-state index is 13.3. The fourth-order valence-corrected chi connectivity index (χ4v) is 2.96. The predicted molar refractivity (Wildman–Crippen MR) is 89.7 cm³/mol. The van der Waals surface area contributed by atoms with Crippen molar-refractivity contribution >= 4 is 11.6 Å². The molecule has 0 bridgehead atoms. The van der Waals surface area contributed by atoms with Crippen molar-refractivity contribution in [2.75, 3.05) is 6.54 Å². The molecule has 1 aliphatic heterocycles. The van der Waals surface area contributed by atoms with E-state index in [-0.39, 0.29) is 11.8 Å². The summed E-state index contributed by atoms with van der Waals surface area (Å²) in [5.74, 6) is 0.157. The number of benzene rings is 1. The molecule has 4 heteroatoms. The van der Waals surface area contributed by atoms with Crippen LogP contribution in [0.25, 0.3) is 0 Å². The van der Waals surface area contributed by atoms with Crippen LogP contribution < -0.4 is 0 Å². The minimum atomic E-state index is -0.402. The van der Waals surface area contributed by atoms with Crippen molar-refractivity contribution in [2.24, 2.45) is 16.9 Å². The summed E-state index contributed by atoms with van der Waals surface area (Å²) in [6.45, 7) is 4.93. The van der Waals surface area contributed by atoms with Gasteiger partial charge in [-0.15, -0.1) is 0 Å². The van der Waals surface area contributed by atoms with Gasteiger partial charge in [-0.05, 0) is 36.1 Å². The number of hydrogen-bond donors (Lipinski definition) is 0. The third-order valence-corrected chi connectivity index (χ3v) is 4.36. The first-order valence-corrected chi connectivity index (χ1v) is 8.07. The molecule has 1 aliphatic carbocycles. The Morgan fingerprint density at radius 1 is 1.39 bits per heavy atom. The third-order valence-electron chi connectivity index (χ3n) is 4.36. The maximum absolute atomic E-state index is 13.3. The average molecular weight is 312 g/mol. The Hall–Kier alpha value is -2.23. The molecule has 23 heavy (non-hydrogen) atoms. The molecule has 120 valence electrons. The second kappa shape index (κ2) is 6.49.